The van der Waals surface area contributed by atoms with Gasteiger partial charge in [-0.15, -0.1) is 0 Å². The van der Waals surface area contributed by atoms with Crippen LogP contribution in [0.15, 0.2) is 57.3 Å². The summed E-state index contributed by atoms with van der Waals surface area (Å²) < 4.78 is 17.7. The van der Waals surface area contributed by atoms with E-state index >= 15 is 0 Å². The first-order valence-electron chi connectivity index (χ1n) is 12.6. The molecule has 0 spiro atoms. The number of hydrogen-bond donors (Lipinski definition) is 1. The number of methoxy groups -OCH3 is 1. The summed E-state index contributed by atoms with van der Waals surface area (Å²) in [6, 6.07) is 9.07. The lowest BCUT2D eigenvalue weighted by Crippen LogP contribution is -2.16. The predicted molar refractivity (Wildman–Crippen MR) is 147 cm³/mol. The average molecular weight is 522 g/mol. The molecular weight excluding hydrogens is 486 g/mol. The van der Waals surface area contributed by atoms with Crippen molar-refractivity contribution in [1.29, 1.82) is 0 Å². The Morgan fingerprint density at radius 3 is 2.53 bits per heavy atom. The molecule has 0 bridgehead atoms. The van der Waals surface area contributed by atoms with Gasteiger partial charge in [0.15, 0.2) is 5.78 Å². The molecule has 1 unspecified atom stereocenters. The van der Waals surface area contributed by atoms with Crippen molar-refractivity contribution in [2.24, 2.45) is 7.05 Å². The summed E-state index contributed by atoms with van der Waals surface area (Å²) in [5, 5.41) is 11.5. The summed E-state index contributed by atoms with van der Waals surface area (Å²) in [5.41, 5.74) is 0.751. The van der Waals surface area contributed by atoms with E-state index in [1.165, 1.54) is 13.2 Å². The van der Waals surface area contributed by atoms with E-state index in [1.807, 2.05) is 62.7 Å². The Balaban J connectivity index is 1.78. The molecule has 1 N–H and O–H groups in total. The molecule has 38 heavy (non-hydrogen) atoms. The molecule has 3 rings (SSSR count). The summed E-state index contributed by atoms with van der Waals surface area (Å²) in [5.74, 6) is -0.460. The first-order chi connectivity index (χ1) is 18.0. The van der Waals surface area contributed by atoms with Crippen LogP contribution in [0.5, 0.6) is 11.5 Å². The third kappa shape index (κ3) is 6.82. The molecule has 0 radical (unpaired) electrons. The van der Waals surface area contributed by atoms with Crippen molar-refractivity contribution in [3.63, 3.8) is 0 Å². The fraction of sp³-hybridized carbons (Fsp3) is 0.367. The second-order valence-corrected chi connectivity index (χ2v) is 9.60. The summed E-state index contributed by atoms with van der Waals surface area (Å²) in [6.07, 6.45) is 6.76. The summed E-state index contributed by atoms with van der Waals surface area (Å²) in [4.78, 5) is 37.0. The van der Waals surface area contributed by atoms with Gasteiger partial charge < -0.3 is 23.6 Å². The van der Waals surface area contributed by atoms with E-state index in [0.717, 1.165) is 22.3 Å². The van der Waals surface area contributed by atoms with Crippen LogP contribution in [-0.2, 0) is 16.6 Å². The van der Waals surface area contributed by atoms with E-state index in [9.17, 15) is 19.5 Å². The molecule has 0 aliphatic rings. The van der Waals surface area contributed by atoms with E-state index in [0.29, 0.717) is 18.6 Å². The van der Waals surface area contributed by atoms with Gasteiger partial charge in [-0.25, -0.2) is 4.79 Å². The lowest BCUT2D eigenvalue weighted by Gasteiger charge is -2.11. The quantitative estimate of drug-likeness (QED) is 0.145. The number of Topliss-reactive ketones (excluding diaryl/α,β-unsaturated/α-hetero) is 1. The summed E-state index contributed by atoms with van der Waals surface area (Å²) in [7, 11) is 3.22. The van der Waals surface area contributed by atoms with E-state index in [2.05, 4.69) is 4.74 Å². The van der Waals surface area contributed by atoms with Gasteiger partial charge in [-0.1, -0.05) is 19.1 Å². The summed E-state index contributed by atoms with van der Waals surface area (Å²) >= 11 is 0. The van der Waals surface area contributed by atoms with E-state index in [-0.39, 0.29) is 35.5 Å². The monoisotopic (exact) mass is 521 g/mol. The number of ketones is 1. The molecule has 1 atom stereocenters. The maximum Gasteiger partial charge on any atom is 0.351 e. The fourth-order valence-electron chi connectivity index (χ4n) is 4.14. The highest BCUT2D eigenvalue weighted by Gasteiger charge is 2.22. The van der Waals surface area contributed by atoms with Crippen LogP contribution in [0.3, 0.4) is 0 Å². The zero-order valence-electron chi connectivity index (χ0n) is 22.7. The second-order valence-electron chi connectivity index (χ2n) is 9.60. The third-order valence-electron chi connectivity index (χ3n) is 6.25. The number of carbonyl (C=O) groups excluding carboxylic acids is 2. The number of aryl methyl sites for hydroxylation is 1. The normalized spacial score (nSPS) is 12.9. The molecule has 0 saturated carbocycles. The van der Waals surface area contributed by atoms with Gasteiger partial charge in [0.2, 0.25) is 0 Å². The van der Waals surface area contributed by atoms with Gasteiger partial charge in [0, 0.05) is 35.6 Å². The second kappa shape index (κ2) is 12.4. The number of nitrogens with zero attached hydrogens (tertiary/aromatic N) is 1. The van der Waals surface area contributed by atoms with Gasteiger partial charge in [-0.2, -0.15) is 0 Å². The Hall–Kier alpha value is -4.07. The van der Waals surface area contributed by atoms with Gasteiger partial charge >= 0.3 is 11.6 Å². The van der Waals surface area contributed by atoms with Gasteiger partial charge in [-0.05, 0) is 69.5 Å². The molecule has 2 heterocycles. The first-order valence-corrected chi connectivity index (χ1v) is 12.6. The molecule has 0 fully saturated rings. The van der Waals surface area contributed by atoms with Gasteiger partial charge in [0.05, 0.1) is 19.6 Å². The number of esters is 1. The number of benzene rings is 1. The lowest BCUT2D eigenvalue weighted by atomic mass is 9.99. The number of carbonyl (C=O) groups is 2. The van der Waals surface area contributed by atoms with Crippen molar-refractivity contribution in [3.05, 3.63) is 75.5 Å². The molecule has 2 aromatic heterocycles. The molecule has 0 aliphatic carbocycles. The van der Waals surface area contributed by atoms with Crippen LogP contribution in [0.2, 0.25) is 0 Å². The Morgan fingerprint density at radius 2 is 1.87 bits per heavy atom. The molecule has 8 nitrogen and oxygen atoms in total. The zero-order valence-corrected chi connectivity index (χ0v) is 22.7. The number of fused-ring (bicyclic) bond motifs is 1. The number of ether oxygens (including phenoxy) is 2. The van der Waals surface area contributed by atoms with Crippen LogP contribution in [0, 0.1) is 0 Å². The van der Waals surface area contributed by atoms with Crippen LogP contribution in [0.25, 0.3) is 17.0 Å². The number of allylic oxidation sites excluding steroid dienone is 2. The predicted octanol–water partition coefficient (Wildman–Crippen LogP) is 5.91. The lowest BCUT2D eigenvalue weighted by molar-refractivity contribution is -0.139. The maximum atomic E-state index is 13.1. The molecule has 0 amide bonds. The van der Waals surface area contributed by atoms with Gasteiger partial charge in [-0.3, -0.25) is 9.59 Å². The zero-order chi connectivity index (χ0) is 28.0. The summed E-state index contributed by atoms with van der Waals surface area (Å²) in [6.45, 7) is 7.38. The van der Waals surface area contributed by atoms with Crippen molar-refractivity contribution >= 4 is 28.7 Å². The van der Waals surface area contributed by atoms with Crippen LogP contribution >= 0.6 is 0 Å². The molecule has 0 saturated heterocycles. The highest BCUT2D eigenvalue weighted by Crippen LogP contribution is 2.28. The smallest absolute Gasteiger partial charge is 0.351 e. The maximum absolute atomic E-state index is 13.1. The SMILES string of the molecule is COC(=O)C/C=C/CCC(C)c1cc(O)c(C(=O)C(C)=Cc2cc3cc(OC(C)C)ccc3n2C)c(=O)o1. The van der Waals surface area contributed by atoms with Crippen molar-refractivity contribution in [1.82, 2.24) is 4.57 Å². The van der Waals surface area contributed by atoms with Gasteiger partial charge in [0.1, 0.15) is 22.8 Å². The number of aromatic nitrogens is 1. The largest absolute Gasteiger partial charge is 0.507 e. The van der Waals surface area contributed by atoms with Crippen molar-refractivity contribution < 1.29 is 28.6 Å². The Bertz CT molecular complexity index is 1440. The van der Waals surface area contributed by atoms with Crippen LogP contribution in [0.1, 0.15) is 74.7 Å². The Morgan fingerprint density at radius 1 is 1.13 bits per heavy atom. The topological polar surface area (TPSA) is 108 Å². The van der Waals surface area contributed by atoms with Crippen molar-refractivity contribution in [3.8, 4) is 11.5 Å². The number of hydrogen-bond acceptors (Lipinski definition) is 7. The fourth-order valence-corrected chi connectivity index (χ4v) is 4.14. The van der Waals surface area contributed by atoms with Crippen LogP contribution in [0.4, 0.5) is 0 Å². The van der Waals surface area contributed by atoms with Gasteiger partial charge in [0.25, 0.3) is 0 Å². The third-order valence-corrected chi connectivity index (χ3v) is 6.25. The number of rotatable bonds is 11. The highest BCUT2D eigenvalue weighted by atomic mass is 16.5. The molecular formula is C30H35NO7. The van der Waals surface area contributed by atoms with Crippen LogP contribution in [-0.4, -0.2) is 34.6 Å². The Labute approximate surface area is 222 Å². The molecule has 0 aliphatic heterocycles. The van der Waals surface area contributed by atoms with Crippen molar-refractivity contribution in [2.75, 3.05) is 7.11 Å². The van der Waals surface area contributed by atoms with E-state index in [4.69, 9.17) is 9.15 Å². The van der Waals surface area contributed by atoms with E-state index < -0.39 is 17.2 Å². The average Bonchev–Trinajstić information content (AvgIpc) is 3.16. The molecule has 202 valence electrons. The van der Waals surface area contributed by atoms with Crippen LogP contribution < -0.4 is 10.4 Å². The minimum Gasteiger partial charge on any atom is -0.507 e. The molecule has 8 heteroatoms. The van der Waals surface area contributed by atoms with Crippen molar-refractivity contribution in [2.45, 2.75) is 59.0 Å². The minimum absolute atomic E-state index is 0.0546. The molecule has 3 aromatic rings. The molecule has 1 aromatic carbocycles. The first kappa shape index (κ1) is 28.5. The highest BCUT2D eigenvalue weighted by molar-refractivity contribution is 6.12. The van der Waals surface area contributed by atoms with E-state index in [1.54, 1.807) is 19.1 Å². The minimum atomic E-state index is -0.877. The Kier molecular flexibility index (Phi) is 9.34. The standard InChI is InChI=1S/C30H35NO7/c1-18(2)37-23-12-13-24-21(16-23)15-22(31(24)5)14-20(4)29(34)28-25(32)17-26(38-30(28)35)19(3)10-8-7-9-11-27(33)36-6/h7,9,12-19,32H,8,10-11H2,1-6H3/b9-7+,20-14?. The number of aromatic hydroxyl groups is 1.